The summed E-state index contributed by atoms with van der Waals surface area (Å²) in [7, 11) is 0. The molecule has 15 nitrogen and oxygen atoms in total. The minimum absolute atomic E-state index is 0.0227. The van der Waals surface area contributed by atoms with Crippen molar-refractivity contribution in [3.8, 4) is 50.6 Å². The van der Waals surface area contributed by atoms with Crippen LogP contribution in [0.2, 0.25) is 0 Å². The fourth-order valence-corrected chi connectivity index (χ4v) is 12.8. The number of aliphatic hydroxyl groups excluding tert-OH is 2. The lowest BCUT2D eigenvalue weighted by Crippen LogP contribution is -2.35. The van der Waals surface area contributed by atoms with Crippen molar-refractivity contribution in [2.45, 2.75) is 117 Å². The van der Waals surface area contributed by atoms with Crippen molar-refractivity contribution in [3.05, 3.63) is 267 Å². The van der Waals surface area contributed by atoms with E-state index in [9.17, 15) is 24.6 Å². The molecular weight excluding hydrogens is 1200 g/mol. The number of nitrogens with two attached hydrogens (primary N) is 1. The van der Waals surface area contributed by atoms with Crippen molar-refractivity contribution in [2.24, 2.45) is 5.73 Å². The van der Waals surface area contributed by atoms with E-state index < -0.39 is 12.2 Å². The zero-order valence-corrected chi connectivity index (χ0v) is 55.8. The molecule has 0 radical (unpaired) electrons. The van der Waals surface area contributed by atoms with E-state index in [1.165, 1.54) is 87.5 Å². The lowest BCUT2D eigenvalue weighted by Gasteiger charge is -2.18. The second-order valence-corrected chi connectivity index (χ2v) is 24.8. The zero-order chi connectivity index (χ0) is 67.5. The molecule has 1 saturated heterocycles. The Balaban J connectivity index is 0.000000150. The van der Waals surface area contributed by atoms with E-state index >= 15 is 0 Å². The van der Waals surface area contributed by atoms with Gasteiger partial charge >= 0.3 is 0 Å². The molecule has 0 bridgehead atoms. The highest BCUT2D eigenvalue weighted by atomic mass is 16.6. The van der Waals surface area contributed by atoms with Gasteiger partial charge in [-0.25, -0.2) is 0 Å². The summed E-state index contributed by atoms with van der Waals surface area (Å²) in [6.45, 7) is 15.9. The highest BCUT2D eigenvalue weighted by molar-refractivity contribution is 5.74. The molecule has 1 aliphatic heterocycles. The monoisotopic (exact) mass is 1290 g/mol. The van der Waals surface area contributed by atoms with Crippen LogP contribution in [0.25, 0.3) is 33.4 Å². The Morgan fingerprint density at radius 1 is 0.427 bits per heavy atom. The summed E-state index contributed by atoms with van der Waals surface area (Å²) < 4.78 is 23.9. The molecule has 9 aromatic carbocycles. The molecule has 0 unspecified atom stereocenters. The Bertz CT molecular complexity index is 3900. The molecular formula is C81H90N6O9. The summed E-state index contributed by atoms with van der Waals surface area (Å²) in [5.74, 6) is 2.43. The summed E-state index contributed by atoms with van der Waals surface area (Å²) in [6.07, 6.45) is 2.02. The van der Waals surface area contributed by atoms with Crippen LogP contribution in [0.1, 0.15) is 106 Å². The maximum absolute atomic E-state index is 11.0. The van der Waals surface area contributed by atoms with Gasteiger partial charge in [-0.15, -0.1) is 0 Å². The molecule has 0 saturated carbocycles. The van der Waals surface area contributed by atoms with Gasteiger partial charge in [-0.1, -0.05) is 164 Å². The van der Waals surface area contributed by atoms with E-state index in [-0.39, 0.29) is 29.8 Å². The van der Waals surface area contributed by atoms with Gasteiger partial charge in [0.15, 0.2) is 0 Å². The second-order valence-electron chi connectivity index (χ2n) is 24.8. The van der Waals surface area contributed by atoms with Gasteiger partial charge < -0.3 is 61.5 Å². The van der Waals surface area contributed by atoms with Crippen LogP contribution in [0.15, 0.2) is 200 Å². The first-order valence-electron chi connectivity index (χ1n) is 33.2. The van der Waals surface area contributed by atoms with Gasteiger partial charge in [-0.2, -0.15) is 0 Å². The van der Waals surface area contributed by atoms with Crippen molar-refractivity contribution >= 4 is 17.7 Å². The number of carbonyl (C=O) groups is 3. The smallest absolute Gasteiger partial charge is 0.216 e. The largest absolute Gasteiger partial charge is 0.489 e. The van der Waals surface area contributed by atoms with Crippen LogP contribution in [0, 0.1) is 20.8 Å². The molecule has 0 spiro atoms. The minimum atomic E-state index is -0.484. The number of amides is 3. The SMILES string of the molecule is CC(=O)NCCN.CC(=O)NCCN[C@@H]1c2ccc(OCc3cccc(-c4ccccc4)c3C)cc2C[C@@H]1O.CC(=O)NCCN[C@H]1c2ccc(OCc3cccc(-c4ccccc4)c3C)cc2C[C@@H]1O.Cc1c(COc2ccc3c(c2)C[C@@H]2O[C@H]32)cccc1-c1ccccc1. The molecule has 6 atom stereocenters. The molecule has 96 heavy (non-hydrogen) atoms. The van der Waals surface area contributed by atoms with Crippen LogP contribution in [0.4, 0.5) is 0 Å². The fourth-order valence-electron chi connectivity index (χ4n) is 12.8. The minimum Gasteiger partial charge on any atom is -0.489 e. The Hall–Kier alpha value is -9.45. The first-order chi connectivity index (χ1) is 46.6. The van der Waals surface area contributed by atoms with E-state index in [0.717, 1.165) is 57.1 Å². The number of ether oxygens (including phenoxy) is 4. The normalized spacial score (nSPS) is 17.2. The second kappa shape index (κ2) is 33.8. The van der Waals surface area contributed by atoms with E-state index in [4.69, 9.17) is 24.7 Å². The average molecular weight is 1290 g/mol. The van der Waals surface area contributed by atoms with E-state index in [1.54, 1.807) is 0 Å². The quantitative estimate of drug-likeness (QED) is 0.0235. The van der Waals surface area contributed by atoms with Gasteiger partial charge in [0, 0.05) is 79.3 Å². The van der Waals surface area contributed by atoms with Crippen molar-refractivity contribution < 1.29 is 43.5 Å². The molecule has 13 rings (SSSR count). The van der Waals surface area contributed by atoms with E-state index in [0.29, 0.717) is 84.1 Å². The number of benzene rings is 9. The Kier molecular flexibility index (Phi) is 24.4. The van der Waals surface area contributed by atoms with Crippen LogP contribution in [0.3, 0.4) is 0 Å². The number of aliphatic hydroxyl groups is 2. The third kappa shape index (κ3) is 18.5. The predicted octanol–water partition coefficient (Wildman–Crippen LogP) is 12.2. The number of hydrogen-bond donors (Lipinski definition) is 8. The number of epoxide rings is 1. The maximum atomic E-state index is 11.0. The Morgan fingerprint density at radius 3 is 1.11 bits per heavy atom. The highest BCUT2D eigenvalue weighted by Gasteiger charge is 2.47. The molecule has 4 aliphatic rings. The molecule has 1 fully saturated rings. The summed E-state index contributed by atoms with van der Waals surface area (Å²) in [6, 6.07) is 68.6. The molecule has 9 N–H and O–H groups in total. The van der Waals surface area contributed by atoms with Crippen molar-refractivity contribution in [1.82, 2.24) is 26.6 Å². The molecule has 1 heterocycles. The van der Waals surface area contributed by atoms with Crippen LogP contribution >= 0.6 is 0 Å². The van der Waals surface area contributed by atoms with Gasteiger partial charge in [0.25, 0.3) is 0 Å². The van der Waals surface area contributed by atoms with Crippen LogP contribution in [0.5, 0.6) is 17.2 Å². The standard InChI is InChI=1S/2C27H30N2O3.C23H20O2.C4H10N2O/c2*1-18-21(9-6-10-24(18)20-7-4-3-5-8-20)17-32-23-11-12-25-22(15-23)16-26(31)27(25)29-14-13-28-19(2)30;1-15-17(8-5-9-20(15)16-6-3-2-4-7-16)14-24-19-10-11-21-18(12-19)13-22-23(21)25-22;1-4(7)6-3-2-5/h2*3-12,15,26-27,29,31H,13-14,16-17H2,1-2H3,(H,28,30);2-12,22-23H,13-14H2,1H3;2-3,5H2,1H3,(H,6,7)/t26-,27+;26-,27-;22-,23+;/m000./s1. The lowest BCUT2D eigenvalue weighted by atomic mass is 9.97. The maximum Gasteiger partial charge on any atom is 0.216 e. The number of nitrogens with one attached hydrogen (secondary N) is 5. The van der Waals surface area contributed by atoms with Gasteiger partial charge in [-0.05, 0) is 157 Å². The molecule has 0 aromatic heterocycles. The number of fused-ring (bicyclic) bond motifs is 5. The Labute approximate surface area is 564 Å². The lowest BCUT2D eigenvalue weighted by molar-refractivity contribution is -0.119. The summed E-state index contributed by atoms with van der Waals surface area (Å²) >= 11 is 0. The van der Waals surface area contributed by atoms with Gasteiger partial charge in [-0.3, -0.25) is 14.4 Å². The number of hydrogen-bond acceptors (Lipinski definition) is 12. The van der Waals surface area contributed by atoms with Gasteiger partial charge in [0.05, 0.1) is 30.4 Å². The average Bonchev–Trinajstić information content (AvgIpc) is 1.59. The van der Waals surface area contributed by atoms with Crippen LogP contribution in [-0.4, -0.2) is 85.5 Å². The number of carbonyl (C=O) groups excluding carboxylic acids is 3. The number of rotatable bonds is 22. The van der Waals surface area contributed by atoms with Crippen molar-refractivity contribution in [1.29, 1.82) is 0 Å². The first kappa shape index (κ1) is 69.4. The van der Waals surface area contributed by atoms with Gasteiger partial charge in [0.2, 0.25) is 17.7 Å². The Morgan fingerprint density at radius 2 is 0.771 bits per heavy atom. The fraction of sp³-hybridized carbons (Fsp3) is 0.296. The summed E-state index contributed by atoms with van der Waals surface area (Å²) in [4.78, 5) is 32.1. The third-order valence-corrected chi connectivity index (χ3v) is 18.0. The molecule has 9 aromatic rings. The van der Waals surface area contributed by atoms with Crippen LogP contribution in [-0.2, 0) is 58.2 Å². The first-order valence-corrected chi connectivity index (χ1v) is 33.2. The summed E-state index contributed by atoms with van der Waals surface area (Å²) in [5.41, 5.74) is 26.8. The van der Waals surface area contributed by atoms with Crippen molar-refractivity contribution in [2.75, 3.05) is 39.3 Å². The zero-order valence-electron chi connectivity index (χ0n) is 55.8. The van der Waals surface area contributed by atoms with E-state index in [1.807, 2.05) is 48.5 Å². The van der Waals surface area contributed by atoms with Gasteiger partial charge in [0.1, 0.15) is 43.2 Å². The van der Waals surface area contributed by atoms with Crippen molar-refractivity contribution in [3.63, 3.8) is 0 Å². The molecule has 3 amide bonds. The summed E-state index contributed by atoms with van der Waals surface area (Å²) in [5, 5.41) is 35.8. The topological polar surface area (TPSA) is 218 Å². The van der Waals surface area contributed by atoms with E-state index in [2.05, 4.69) is 199 Å². The molecule has 15 heteroatoms. The molecule has 3 aliphatic carbocycles. The molecule has 498 valence electrons. The predicted molar refractivity (Wildman–Crippen MR) is 379 cm³/mol. The van der Waals surface area contributed by atoms with Crippen LogP contribution < -0.4 is 46.5 Å². The third-order valence-electron chi connectivity index (χ3n) is 18.0. The highest BCUT2D eigenvalue weighted by Crippen LogP contribution is 2.49.